The van der Waals surface area contributed by atoms with Gasteiger partial charge in [-0.1, -0.05) is 6.92 Å². The summed E-state index contributed by atoms with van der Waals surface area (Å²) in [4.78, 5) is 25.8. The highest BCUT2D eigenvalue weighted by molar-refractivity contribution is 5.80. The van der Waals surface area contributed by atoms with Gasteiger partial charge in [0.1, 0.15) is 0 Å². The summed E-state index contributed by atoms with van der Waals surface area (Å²) in [5, 5.41) is 13.8. The Morgan fingerprint density at radius 1 is 1.52 bits per heavy atom. The van der Waals surface area contributed by atoms with Crippen LogP contribution in [0.15, 0.2) is 6.20 Å². The number of aromatic nitrogens is 2. The van der Waals surface area contributed by atoms with Crippen LogP contribution in [-0.2, 0) is 16.6 Å². The number of carboxylic acids is 1. The van der Waals surface area contributed by atoms with Gasteiger partial charge in [0.2, 0.25) is 5.91 Å². The molecule has 6 heteroatoms. The van der Waals surface area contributed by atoms with Gasteiger partial charge in [-0.25, -0.2) is 0 Å². The van der Waals surface area contributed by atoms with Crippen LogP contribution in [0.4, 0.5) is 0 Å². The molecule has 1 aliphatic heterocycles. The van der Waals surface area contributed by atoms with Crippen LogP contribution in [0.2, 0.25) is 0 Å². The van der Waals surface area contributed by atoms with Crippen LogP contribution in [0, 0.1) is 12.8 Å². The molecule has 1 fully saturated rings. The lowest BCUT2D eigenvalue weighted by atomic mass is 9.89. The zero-order valence-electron chi connectivity index (χ0n) is 12.9. The number of nitrogens with zero attached hydrogens (tertiary/aromatic N) is 3. The molecule has 2 rings (SSSR count). The highest BCUT2D eigenvalue weighted by Crippen LogP contribution is 2.37. The molecule has 0 radical (unpaired) electrons. The molecule has 2 unspecified atom stereocenters. The summed E-state index contributed by atoms with van der Waals surface area (Å²) in [5.41, 5.74) is 1.77. The number of hydrogen-bond donors (Lipinski definition) is 1. The van der Waals surface area contributed by atoms with E-state index >= 15 is 0 Å². The van der Waals surface area contributed by atoms with Crippen molar-refractivity contribution in [3.63, 3.8) is 0 Å². The Morgan fingerprint density at radius 2 is 2.24 bits per heavy atom. The predicted octanol–water partition coefficient (Wildman–Crippen LogP) is 1.89. The maximum Gasteiger partial charge on any atom is 0.308 e. The molecule has 21 heavy (non-hydrogen) atoms. The second-order valence-electron chi connectivity index (χ2n) is 5.68. The third-order valence-electron chi connectivity index (χ3n) is 4.32. The molecule has 0 aromatic carbocycles. The molecule has 0 bridgehead atoms. The first-order chi connectivity index (χ1) is 9.97. The smallest absolute Gasteiger partial charge is 0.308 e. The van der Waals surface area contributed by atoms with Gasteiger partial charge in [0.05, 0.1) is 18.2 Å². The van der Waals surface area contributed by atoms with E-state index in [2.05, 4.69) is 5.10 Å². The van der Waals surface area contributed by atoms with Gasteiger partial charge >= 0.3 is 5.97 Å². The van der Waals surface area contributed by atoms with Gasteiger partial charge in [-0.3, -0.25) is 14.3 Å². The van der Waals surface area contributed by atoms with Crippen LogP contribution in [0.3, 0.4) is 0 Å². The fourth-order valence-electron chi connectivity index (χ4n) is 3.10. The fraction of sp³-hybridized carbons (Fsp3) is 0.667. The molecule has 0 saturated carbocycles. The van der Waals surface area contributed by atoms with Crippen LogP contribution < -0.4 is 0 Å². The molecular formula is C15H23N3O3. The van der Waals surface area contributed by atoms with Crippen molar-refractivity contribution in [3.05, 3.63) is 17.5 Å². The number of aliphatic carboxylic acids is 1. The number of carbonyl (C=O) groups excluding carboxylic acids is 1. The molecule has 1 aliphatic rings. The summed E-state index contributed by atoms with van der Waals surface area (Å²) in [5.74, 6) is -1.35. The van der Waals surface area contributed by atoms with E-state index in [1.165, 1.54) is 0 Å². The van der Waals surface area contributed by atoms with E-state index < -0.39 is 17.9 Å². The van der Waals surface area contributed by atoms with Gasteiger partial charge in [-0.05, 0) is 26.2 Å². The van der Waals surface area contributed by atoms with E-state index in [-0.39, 0.29) is 5.91 Å². The van der Waals surface area contributed by atoms with E-state index in [1.54, 1.807) is 15.8 Å². The number of carboxylic acid groups (broad SMARTS) is 1. The van der Waals surface area contributed by atoms with Gasteiger partial charge in [-0.2, -0.15) is 5.10 Å². The second kappa shape index (κ2) is 6.28. The van der Waals surface area contributed by atoms with Crippen molar-refractivity contribution in [3.8, 4) is 0 Å². The van der Waals surface area contributed by atoms with Crippen molar-refractivity contribution in [2.45, 2.75) is 45.6 Å². The normalized spacial score (nSPS) is 23.2. The number of rotatable bonds is 4. The minimum Gasteiger partial charge on any atom is -0.481 e. The Bertz CT molecular complexity index is 538. The Balaban J connectivity index is 2.50. The highest BCUT2D eigenvalue weighted by atomic mass is 16.4. The lowest BCUT2D eigenvalue weighted by molar-refractivity contribution is -0.146. The third kappa shape index (κ3) is 2.94. The Hall–Kier alpha value is -1.85. The van der Waals surface area contributed by atoms with E-state index in [4.69, 9.17) is 0 Å². The average molecular weight is 293 g/mol. The van der Waals surface area contributed by atoms with Crippen LogP contribution in [0.5, 0.6) is 0 Å². The number of hydrogen-bond acceptors (Lipinski definition) is 3. The number of likely N-dealkylation sites (tertiary alicyclic amines) is 1. The summed E-state index contributed by atoms with van der Waals surface area (Å²) in [6.45, 7) is 4.50. The number of carbonyl (C=O) groups is 2. The van der Waals surface area contributed by atoms with Crippen LogP contribution in [-0.4, -0.2) is 38.2 Å². The molecule has 0 aliphatic carbocycles. The summed E-state index contributed by atoms with van der Waals surface area (Å²) in [6.07, 6.45) is 4.11. The van der Waals surface area contributed by atoms with E-state index in [9.17, 15) is 14.7 Å². The highest BCUT2D eigenvalue weighted by Gasteiger charge is 2.39. The van der Waals surface area contributed by atoms with Crippen molar-refractivity contribution in [1.29, 1.82) is 0 Å². The first-order valence-electron chi connectivity index (χ1n) is 7.48. The zero-order valence-corrected chi connectivity index (χ0v) is 12.9. The van der Waals surface area contributed by atoms with E-state index in [1.807, 2.05) is 20.9 Å². The molecule has 1 saturated heterocycles. The molecule has 1 aromatic rings. The second-order valence-corrected chi connectivity index (χ2v) is 5.68. The predicted molar refractivity (Wildman–Crippen MR) is 77.7 cm³/mol. The molecule has 1 amide bonds. The minimum absolute atomic E-state index is 0.0499. The van der Waals surface area contributed by atoms with Crippen molar-refractivity contribution >= 4 is 11.9 Å². The molecule has 1 aromatic heterocycles. The van der Waals surface area contributed by atoms with Gasteiger partial charge in [0, 0.05) is 31.3 Å². The molecule has 116 valence electrons. The van der Waals surface area contributed by atoms with Crippen molar-refractivity contribution in [1.82, 2.24) is 14.7 Å². The largest absolute Gasteiger partial charge is 0.481 e. The van der Waals surface area contributed by atoms with E-state index in [0.29, 0.717) is 25.8 Å². The standard InChI is InChI=1S/C15H23N3O3/c1-4-8-18-13(19)7-5-6-11(15(20)21)14(18)12-9-16-17(3)10(12)2/h9,11,14H,4-8H2,1-3H3,(H,20,21). The molecule has 2 heterocycles. The molecule has 0 spiro atoms. The Morgan fingerprint density at radius 3 is 2.76 bits per heavy atom. The summed E-state index contributed by atoms with van der Waals surface area (Å²) >= 11 is 0. The Labute approximate surface area is 124 Å². The molecule has 2 atom stereocenters. The van der Waals surface area contributed by atoms with Gasteiger partial charge in [-0.15, -0.1) is 0 Å². The van der Waals surface area contributed by atoms with E-state index in [0.717, 1.165) is 17.7 Å². The summed E-state index contributed by atoms with van der Waals surface area (Å²) < 4.78 is 1.73. The van der Waals surface area contributed by atoms with Gasteiger partial charge in [0.25, 0.3) is 0 Å². The Kier molecular flexibility index (Phi) is 4.65. The van der Waals surface area contributed by atoms with Crippen LogP contribution in [0.25, 0.3) is 0 Å². The maximum atomic E-state index is 12.4. The zero-order chi connectivity index (χ0) is 15.6. The van der Waals surface area contributed by atoms with Crippen LogP contribution >= 0.6 is 0 Å². The third-order valence-corrected chi connectivity index (χ3v) is 4.32. The van der Waals surface area contributed by atoms with Crippen molar-refractivity contribution in [2.75, 3.05) is 6.54 Å². The lowest BCUT2D eigenvalue weighted by Crippen LogP contribution is -2.39. The quantitative estimate of drug-likeness (QED) is 0.920. The molecular weight excluding hydrogens is 270 g/mol. The number of amides is 1. The summed E-state index contributed by atoms with van der Waals surface area (Å²) in [6, 6.07) is -0.411. The van der Waals surface area contributed by atoms with Gasteiger partial charge < -0.3 is 10.0 Å². The SMILES string of the molecule is CCCN1C(=O)CCCC(C(=O)O)C1c1cnn(C)c1C. The first-order valence-corrected chi connectivity index (χ1v) is 7.48. The topological polar surface area (TPSA) is 75.4 Å². The van der Waals surface area contributed by atoms with Crippen LogP contribution in [0.1, 0.15) is 49.9 Å². The van der Waals surface area contributed by atoms with Gasteiger partial charge in [0.15, 0.2) is 0 Å². The molecule has 1 N–H and O–H groups in total. The fourth-order valence-corrected chi connectivity index (χ4v) is 3.10. The number of aryl methyl sites for hydroxylation is 1. The van der Waals surface area contributed by atoms with Crippen molar-refractivity contribution in [2.24, 2.45) is 13.0 Å². The average Bonchev–Trinajstić information content (AvgIpc) is 2.67. The lowest BCUT2D eigenvalue weighted by Gasteiger charge is -2.33. The maximum absolute atomic E-state index is 12.4. The summed E-state index contributed by atoms with van der Waals surface area (Å²) in [7, 11) is 1.83. The molecule has 6 nitrogen and oxygen atoms in total. The van der Waals surface area contributed by atoms with Crippen molar-refractivity contribution < 1.29 is 14.7 Å². The monoisotopic (exact) mass is 293 g/mol. The first kappa shape index (κ1) is 15.5. The minimum atomic E-state index is -0.834.